The number of nitrogens with zero attached hydrogens (tertiary/aromatic N) is 8. The number of piperidine rings is 1. The van der Waals surface area contributed by atoms with Crippen molar-refractivity contribution >= 4 is 23.2 Å². The van der Waals surface area contributed by atoms with Gasteiger partial charge in [0.25, 0.3) is 11.5 Å². The molecule has 1 aliphatic heterocycles. The molecule has 13 heteroatoms. The Labute approximate surface area is 256 Å². The molecule has 2 N–H and O–H groups in total. The molecule has 1 atom stereocenters. The minimum atomic E-state index is -0.228. The van der Waals surface area contributed by atoms with Crippen LogP contribution < -0.4 is 10.9 Å². The lowest BCUT2D eigenvalue weighted by molar-refractivity contribution is 0.0894. The van der Waals surface area contributed by atoms with E-state index in [1.165, 1.54) is 10.6 Å². The van der Waals surface area contributed by atoms with E-state index in [1.807, 2.05) is 60.8 Å². The first-order valence-electron chi connectivity index (χ1n) is 14.4. The van der Waals surface area contributed by atoms with Gasteiger partial charge in [-0.1, -0.05) is 53.2 Å². The summed E-state index contributed by atoms with van der Waals surface area (Å²) >= 11 is 6.53. The highest BCUT2D eigenvalue weighted by molar-refractivity contribution is 6.33. The number of hydrogen-bond donors (Lipinski definition) is 2. The van der Waals surface area contributed by atoms with Gasteiger partial charge in [0.05, 0.1) is 35.5 Å². The maximum atomic E-state index is 13.5. The van der Waals surface area contributed by atoms with E-state index in [1.54, 1.807) is 27.7 Å². The Morgan fingerprint density at radius 1 is 1.02 bits per heavy atom. The highest BCUT2D eigenvalue weighted by Gasteiger charge is 2.25. The molecule has 1 saturated heterocycles. The van der Waals surface area contributed by atoms with Gasteiger partial charge < -0.3 is 5.32 Å². The summed E-state index contributed by atoms with van der Waals surface area (Å²) in [4.78, 5) is 32.5. The van der Waals surface area contributed by atoms with Gasteiger partial charge in [-0.05, 0) is 43.7 Å². The van der Waals surface area contributed by atoms with E-state index in [-0.39, 0.29) is 17.5 Å². The van der Waals surface area contributed by atoms with Crippen molar-refractivity contribution < 1.29 is 4.79 Å². The molecule has 0 spiro atoms. The molecule has 0 radical (unpaired) electrons. The number of amides is 1. The Bertz CT molecular complexity index is 1990. The first-order valence-corrected chi connectivity index (χ1v) is 14.8. The number of carbonyl (C=O) groups excluding carboxylic acids is 1. The van der Waals surface area contributed by atoms with Crippen LogP contribution >= 0.6 is 11.6 Å². The molecule has 44 heavy (non-hydrogen) atoms. The largest absolute Gasteiger partial charge is 0.347 e. The molecule has 1 amide bonds. The van der Waals surface area contributed by atoms with Crippen LogP contribution in [0.5, 0.6) is 0 Å². The van der Waals surface area contributed by atoms with Crippen molar-refractivity contribution in [3.05, 3.63) is 118 Å². The third-order valence-corrected chi connectivity index (χ3v) is 7.99. The van der Waals surface area contributed by atoms with Crippen molar-refractivity contribution in [2.45, 2.75) is 32.0 Å². The summed E-state index contributed by atoms with van der Waals surface area (Å²) in [7, 11) is 0. The molecule has 4 aromatic heterocycles. The maximum Gasteiger partial charge on any atom is 0.272 e. The Morgan fingerprint density at radius 2 is 1.86 bits per heavy atom. The number of benzene rings is 2. The van der Waals surface area contributed by atoms with Gasteiger partial charge in [-0.25, -0.2) is 18.9 Å². The van der Waals surface area contributed by atoms with Gasteiger partial charge in [0.15, 0.2) is 11.3 Å². The van der Waals surface area contributed by atoms with Gasteiger partial charge in [0, 0.05) is 48.0 Å². The van der Waals surface area contributed by atoms with E-state index in [9.17, 15) is 9.59 Å². The summed E-state index contributed by atoms with van der Waals surface area (Å²) in [5.41, 5.74) is 4.51. The highest BCUT2D eigenvalue weighted by atomic mass is 35.5. The predicted octanol–water partition coefficient (Wildman–Crippen LogP) is 3.56. The molecule has 222 valence electrons. The van der Waals surface area contributed by atoms with Gasteiger partial charge in [0.2, 0.25) is 0 Å². The molecular weight excluding hydrogens is 580 g/mol. The van der Waals surface area contributed by atoms with Crippen molar-refractivity contribution in [3.63, 3.8) is 0 Å². The molecule has 12 nitrogen and oxygen atoms in total. The third-order valence-electron chi connectivity index (χ3n) is 7.66. The quantitative estimate of drug-likeness (QED) is 0.270. The number of halogens is 1. The number of H-pyrrole nitrogens is 1. The molecule has 0 aliphatic carbocycles. The molecule has 7 rings (SSSR count). The van der Waals surface area contributed by atoms with Crippen molar-refractivity contribution in [2.75, 3.05) is 13.1 Å². The Kier molecular flexibility index (Phi) is 7.50. The third kappa shape index (κ3) is 5.77. The van der Waals surface area contributed by atoms with Crippen LogP contribution in [0.1, 0.15) is 34.7 Å². The van der Waals surface area contributed by atoms with Crippen LogP contribution in [0.3, 0.4) is 0 Å². The summed E-state index contributed by atoms with van der Waals surface area (Å²) in [6.45, 7) is 2.51. The van der Waals surface area contributed by atoms with E-state index >= 15 is 0 Å². The number of carbonyl (C=O) groups is 1. The summed E-state index contributed by atoms with van der Waals surface area (Å²) in [5, 5.41) is 19.9. The SMILES string of the molecule is O=C(NC1CCCN(Cc2cn(Cc3cc(=O)n4[nH]ccc4n3)nn2)C1)c1cc(-c2ccccc2Cl)n(-c2ccccc2)n1. The van der Waals surface area contributed by atoms with E-state index in [4.69, 9.17) is 11.6 Å². The van der Waals surface area contributed by atoms with Crippen LogP contribution in [-0.2, 0) is 13.1 Å². The Balaban J connectivity index is 1.02. The first kappa shape index (κ1) is 27.7. The van der Waals surface area contributed by atoms with Gasteiger partial charge in [-0.15, -0.1) is 5.10 Å². The fourth-order valence-corrected chi connectivity index (χ4v) is 5.87. The maximum absolute atomic E-state index is 13.5. The lowest BCUT2D eigenvalue weighted by Crippen LogP contribution is -2.47. The lowest BCUT2D eigenvalue weighted by atomic mass is 10.1. The number of para-hydroxylation sites is 1. The lowest BCUT2D eigenvalue weighted by Gasteiger charge is -2.32. The summed E-state index contributed by atoms with van der Waals surface area (Å²) in [6, 6.07) is 22.2. The predicted molar refractivity (Wildman–Crippen MR) is 165 cm³/mol. The molecule has 1 unspecified atom stereocenters. The number of aromatic nitrogens is 8. The minimum absolute atomic E-state index is 0.0396. The number of hydrogen-bond acceptors (Lipinski definition) is 7. The van der Waals surface area contributed by atoms with Gasteiger partial charge >= 0.3 is 0 Å². The number of rotatable bonds is 8. The Hall–Kier alpha value is -5.07. The molecule has 0 saturated carbocycles. The Morgan fingerprint density at radius 3 is 2.73 bits per heavy atom. The molecule has 5 heterocycles. The fourth-order valence-electron chi connectivity index (χ4n) is 5.64. The zero-order chi connectivity index (χ0) is 30.0. The van der Waals surface area contributed by atoms with Crippen LogP contribution in [0, 0.1) is 0 Å². The normalized spacial score (nSPS) is 15.5. The molecule has 0 bridgehead atoms. The molecular formula is C31H29ClN10O2. The summed E-state index contributed by atoms with van der Waals surface area (Å²) in [6.07, 6.45) is 5.35. The average Bonchev–Trinajstić information content (AvgIpc) is 3.79. The van der Waals surface area contributed by atoms with Crippen molar-refractivity contribution in [1.82, 2.24) is 49.6 Å². The van der Waals surface area contributed by atoms with Gasteiger partial charge in [-0.2, -0.15) is 5.10 Å². The van der Waals surface area contributed by atoms with E-state index in [2.05, 4.69) is 35.7 Å². The second-order valence-electron chi connectivity index (χ2n) is 10.8. The summed E-state index contributed by atoms with van der Waals surface area (Å²) < 4.78 is 4.83. The van der Waals surface area contributed by atoms with Crippen LogP contribution in [-0.4, -0.2) is 69.3 Å². The number of aromatic amines is 1. The van der Waals surface area contributed by atoms with Gasteiger partial charge in [-0.3, -0.25) is 19.6 Å². The van der Waals surface area contributed by atoms with Crippen LogP contribution in [0.2, 0.25) is 5.02 Å². The van der Waals surface area contributed by atoms with Gasteiger partial charge in [0.1, 0.15) is 0 Å². The number of likely N-dealkylation sites (tertiary alicyclic amines) is 1. The zero-order valence-electron chi connectivity index (χ0n) is 23.7. The van der Waals surface area contributed by atoms with Crippen molar-refractivity contribution in [2.24, 2.45) is 0 Å². The van der Waals surface area contributed by atoms with E-state index in [0.29, 0.717) is 41.7 Å². The average molecular weight is 609 g/mol. The molecule has 1 fully saturated rings. The minimum Gasteiger partial charge on any atom is -0.347 e. The standard InChI is InChI=1S/C31H29ClN10O2/c32-26-11-5-4-10-25(26)28-16-27(37-41(28)24-8-2-1-3-9-24)31(44)35-21-7-6-14-39(17-21)18-23-20-40(38-36-23)19-22-15-30(43)42-29(34-22)12-13-33-42/h1-5,8-13,15-16,20-21,33H,6-7,14,17-19H2,(H,35,44). The first-order chi connectivity index (χ1) is 21.5. The second kappa shape index (κ2) is 11.9. The van der Waals surface area contributed by atoms with Crippen LogP contribution in [0.25, 0.3) is 22.6 Å². The number of nitrogens with one attached hydrogen (secondary N) is 2. The second-order valence-corrected chi connectivity index (χ2v) is 11.2. The number of fused-ring (bicyclic) bond motifs is 1. The van der Waals surface area contributed by atoms with Crippen molar-refractivity contribution in [3.8, 4) is 16.9 Å². The summed E-state index contributed by atoms with van der Waals surface area (Å²) in [5.74, 6) is -0.228. The smallest absolute Gasteiger partial charge is 0.272 e. The van der Waals surface area contributed by atoms with Crippen molar-refractivity contribution in [1.29, 1.82) is 0 Å². The van der Waals surface area contributed by atoms with E-state index in [0.717, 1.165) is 42.0 Å². The molecule has 1 aliphatic rings. The monoisotopic (exact) mass is 608 g/mol. The van der Waals surface area contributed by atoms with E-state index < -0.39 is 0 Å². The molecule has 6 aromatic rings. The fraction of sp³-hybridized carbons (Fsp3) is 0.226. The van der Waals surface area contributed by atoms with Crippen LogP contribution in [0.15, 0.2) is 90.0 Å². The zero-order valence-corrected chi connectivity index (χ0v) is 24.4. The topological polar surface area (TPSA) is 131 Å². The highest BCUT2D eigenvalue weighted by Crippen LogP contribution is 2.30. The molecule has 2 aromatic carbocycles. The van der Waals surface area contributed by atoms with Crippen LogP contribution in [0.4, 0.5) is 0 Å².